The Bertz CT molecular complexity index is 645. The van der Waals surface area contributed by atoms with Crippen LogP contribution in [0.5, 0.6) is 0 Å². The molecule has 5 nitrogen and oxygen atoms in total. The maximum Gasteiger partial charge on any atom is 0.288 e. The molecule has 0 aliphatic carbocycles. The summed E-state index contributed by atoms with van der Waals surface area (Å²) in [5, 5.41) is -0.0715. The fourth-order valence-corrected chi connectivity index (χ4v) is 2.19. The largest absolute Gasteiger partial charge is 0.380 e. The fourth-order valence-electron chi connectivity index (χ4n) is 1.69. The van der Waals surface area contributed by atoms with Crippen molar-refractivity contribution in [1.82, 2.24) is 14.5 Å². The molecule has 0 aromatic carbocycles. The van der Waals surface area contributed by atoms with Crippen LogP contribution in [0, 0.1) is 0 Å². The normalized spacial score (nSPS) is 11.1. The van der Waals surface area contributed by atoms with E-state index < -0.39 is 0 Å². The van der Waals surface area contributed by atoms with Gasteiger partial charge < -0.3 is 9.30 Å². The summed E-state index contributed by atoms with van der Waals surface area (Å²) in [7, 11) is 0. The van der Waals surface area contributed by atoms with Gasteiger partial charge in [0.15, 0.2) is 10.8 Å². The van der Waals surface area contributed by atoms with E-state index in [0.717, 1.165) is 10.9 Å². The molecule has 0 amide bonds. The topological polar surface area (TPSA) is 57.0 Å². The van der Waals surface area contributed by atoms with Crippen molar-refractivity contribution in [3.8, 4) is 0 Å². The van der Waals surface area contributed by atoms with Crippen molar-refractivity contribution in [2.24, 2.45) is 0 Å². The SMILES string of the molecule is CCCOCCn1c(=O)c(Cl)nc2ncc(Br)cc21. The number of rotatable bonds is 5. The lowest BCUT2D eigenvalue weighted by atomic mass is 10.4. The maximum absolute atomic E-state index is 12.0. The van der Waals surface area contributed by atoms with E-state index in [1.54, 1.807) is 12.3 Å². The van der Waals surface area contributed by atoms with Gasteiger partial charge in [-0.2, -0.15) is 0 Å². The molecule has 2 aromatic heterocycles. The van der Waals surface area contributed by atoms with Gasteiger partial charge in [0.1, 0.15) is 0 Å². The summed E-state index contributed by atoms with van der Waals surface area (Å²) in [6.45, 7) is 3.59. The summed E-state index contributed by atoms with van der Waals surface area (Å²) in [5.41, 5.74) is 0.765. The smallest absolute Gasteiger partial charge is 0.288 e. The molecule has 0 saturated heterocycles. The first-order valence-electron chi connectivity index (χ1n) is 5.93. The number of halogens is 2. The van der Waals surface area contributed by atoms with Crippen LogP contribution < -0.4 is 5.56 Å². The van der Waals surface area contributed by atoms with E-state index in [9.17, 15) is 4.79 Å². The number of hydrogen-bond donors (Lipinski definition) is 0. The molecule has 7 heteroatoms. The van der Waals surface area contributed by atoms with E-state index in [4.69, 9.17) is 16.3 Å². The van der Waals surface area contributed by atoms with Crippen molar-refractivity contribution in [2.75, 3.05) is 13.2 Å². The first-order valence-corrected chi connectivity index (χ1v) is 7.10. The maximum atomic E-state index is 12.0. The summed E-state index contributed by atoms with van der Waals surface area (Å²) < 4.78 is 7.73. The van der Waals surface area contributed by atoms with Gasteiger partial charge in [-0.1, -0.05) is 18.5 Å². The lowest BCUT2D eigenvalue weighted by Gasteiger charge is -2.10. The van der Waals surface area contributed by atoms with E-state index in [1.807, 2.05) is 6.92 Å². The summed E-state index contributed by atoms with van der Waals surface area (Å²) in [5.74, 6) is 0. The zero-order chi connectivity index (χ0) is 13.8. The Kier molecular flexibility index (Phi) is 4.90. The van der Waals surface area contributed by atoms with Gasteiger partial charge >= 0.3 is 0 Å². The van der Waals surface area contributed by atoms with E-state index in [1.165, 1.54) is 4.57 Å². The van der Waals surface area contributed by atoms with Crippen LogP contribution in [0.2, 0.25) is 5.15 Å². The molecule has 0 aliphatic rings. The van der Waals surface area contributed by atoms with Gasteiger partial charge in [0, 0.05) is 23.8 Å². The van der Waals surface area contributed by atoms with Crippen LogP contribution in [0.1, 0.15) is 13.3 Å². The van der Waals surface area contributed by atoms with Crippen LogP contribution in [-0.4, -0.2) is 27.7 Å². The van der Waals surface area contributed by atoms with Gasteiger partial charge in [0.25, 0.3) is 5.56 Å². The van der Waals surface area contributed by atoms with Gasteiger partial charge in [-0.3, -0.25) is 4.79 Å². The predicted molar refractivity (Wildman–Crippen MR) is 77.6 cm³/mol. The molecule has 0 radical (unpaired) electrons. The molecule has 2 rings (SSSR count). The Morgan fingerprint density at radius 1 is 1.47 bits per heavy atom. The van der Waals surface area contributed by atoms with Crippen LogP contribution in [0.25, 0.3) is 11.2 Å². The van der Waals surface area contributed by atoms with Crippen LogP contribution in [0.15, 0.2) is 21.5 Å². The van der Waals surface area contributed by atoms with E-state index in [0.29, 0.717) is 30.9 Å². The Morgan fingerprint density at radius 3 is 3.00 bits per heavy atom. The highest BCUT2D eigenvalue weighted by atomic mass is 79.9. The van der Waals surface area contributed by atoms with E-state index >= 15 is 0 Å². The van der Waals surface area contributed by atoms with Gasteiger partial charge in [0.05, 0.1) is 12.1 Å². The summed E-state index contributed by atoms with van der Waals surface area (Å²) in [6.07, 6.45) is 2.56. The van der Waals surface area contributed by atoms with E-state index in [2.05, 4.69) is 25.9 Å². The third-order valence-corrected chi connectivity index (χ3v) is 3.22. The molecule has 0 saturated carbocycles. The number of pyridine rings is 1. The highest BCUT2D eigenvalue weighted by Crippen LogP contribution is 2.16. The lowest BCUT2D eigenvalue weighted by molar-refractivity contribution is 0.127. The van der Waals surface area contributed by atoms with Crippen molar-refractivity contribution in [1.29, 1.82) is 0 Å². The highest BCUT2D eigenvalue weighted by molar-refractivity contribution is 9.10. The second-order valence-corrected chi connectivity index (χ2v) is 5.24. The minimum atomic E-state index is -0.325. The van der Waals surface area contributed by atoms with Crippen molar-refractivity contribution >= 4 is 38.7 Å². The molecule has 0 N–H and O–H groups in total. The number of hydrogen-bond acceptors (Lipinski definition) is 4. The summed E-state index contributed by atoms with van der Waals surface area (Å²) in [6, 6.07) is 1.80. The highest BCUT2D eigenvalue weighted by Gasteiger charge is 2.10. The Morgan fingerprint density at radius 2 is 2.26 bits per heavy atom. The molecule has 0 bridgehead atoms. The van der Waals surface area contributed by atoms with Gasteiger partial charge in [-0.15, -0.1) is 0 Å². The third-order valence-electron chi connectivity index (χ3n) is 2.54. The average Bonchev–Trinajstić information content (AvgIpc) is 2.39. The first kappa shape index (κ1) is 14.4. The van der Waals surface area contributed by atoms with Gasteiger partial charge in [0.2, 0.25) is 0 Å². The molecule has 0 spiro atoms. The molecular weight excluding hydrogens is 334 g/mol. The minimum absolute atomic E-state index is 0.0715. The van der Waals surface area contributed by atoms with Crippen molar-refractivity contribution in [3.63, 3.8) is 0 Å². The summed E-state index contributed by atoms with van der Waals surface area (Å²) in [4.78, 5) is 20.2. The molecular formula is C12H13BrClN3O2. The van der Waals surface area contributed by atoms with E-state index in [-0.39, 0.29) is 10.7 Å². The van der Waals surface area contributed by atoms with Gasteiger partial charge in [-0.25, -0.2) is 9.97 Å². The molecule has 0 unspecified atom stereocenters. The van der Waals surface area contributed by atoms with Crippen molar-refractivity contribution in [2.45, 2.75) is 19.9 Å². The minimum Gasteiger partial charge on any atom is -0.380 e. The van der Waals surface area contributed by atoms with Crippen LogP contribution in [-0.2, 0) is 11.3 Å². The average molecular weight is 347 g/mol. The molecule has 102 valence electrons. The molecule has 0 aliphatic heterocycles. The quantitative estimate of drug-likeness (QED) is 0.781. The Hall–Kier alpha value is -0.980. The second-order valence-electron chi connectivity index (χ2n) is 3.97. The fraction of sp³-hybridized carbons (Fsp3) is 0.417. The number of nitrogens with zero attached hydrogens (tertiary/aromatic N) is 3. The third kappa shape index (κ3) is 3.32. The Labute approximate surface area is 123 Å². The van der Waals surface area contributed by atoms with Crippen molar-refractivity contribution in [3.05, 3.63) is 32.2 Å². The molecule has 2 aromatic rings. The number of ether oxygens (including phenoxy) is 1. The second kappa shape index (κ2) is 6.45. The standard InChI is InChI=1S/C12H13BrClN3O2/c1-2-4-19-5-3-17-9-6-8(13)7-15-11(9)16-10(14)12(17)18/h6-7H,2-5H2,1H3. The van der Waals surface area contributed by atoms with Crippen LogP contribution in [0.3, 0.4) is 0 Å². The molecule has 0 atom stereocenters. The molecule has 19 heavy (non-hydrogen) atoms. The molecule has 0 fully saturated rings. The van der Waals surface area contributed by atoms with Gasteiger partial charge in [-0.05, 0) is 28.4 Å². The zero-order valence-electron chi connectivity index (χ0n) is 10.4. The van der Waals surface area contributed by atoms with Crippen LogP contribution in [0.4, 0.5) is 0 Å². The Balaban J connectivity index is 2.41. The predicted octanol–water partition coefficient (Wildman–Crippen LogP) is 2.63. The lowest BCUT2D eigenvalue weighted by Crippen LogP contribution is -2.24. The number of fused-ring (bicyclic) bond motifs is 1. The molecule has 2 heterocycles. The summed E-state index contributed by atoms with van der Waals surface area (Å²) >= 11 is 9.17. The van der Waals surface area contributed by atoms with Crippen LogP contribution >= 0.6 is 27.5 Å². The van der Waals surface area contributed by atoms with Crippen molar-refractivity contribution < 1.29 is 4.74 Å². The first-order chi connectivity index (χ1) is 9.13. The number of aromatic nitrogens is 3. The monoisotopic (exact) mass is 345 g/mol. The zero-order valence-corrected chi connectivity index (χ0v) is 12.7.